The van der Waals surface area contributed by atoms with Crippen LogP contribution in [0.2, 0.25) is 0 Å². The number of alkyl halides is 3. The van der Waals surface area contributed by atoms with Gasteiger partial charge in [0, 0.05) is 30.4 Å². The third-order valence-electron chi connectivity index (χ3n) is 4.05. The topological polar surface area (TPSA) is 59.8 Å². The lowest BCUT2D eigenvalue weighted by atomic mass is 9.70. The number of nitrogens with zero attached hydrogens (tertiary/aromatic N) is 3. The summed E-state index contributed by atoms with van der Waals surface area (Å²) in [6.07, 6.45) is 2.58. The average Bonchev–Trinajstić information content (AvgIpc) is 2.96. The second-order valence-electron chi connectivity index (χ2n) is 5.22. The summed E-state index contributed by atoms with van der Waals surface area (Å²) in [5.41, 5.74) is -2.12. The largest absolute Gasteiger partial charge is 0.413 e. The van der Waals surface area contributed by atoms with Crippen LogP contribution in [0.5, 0.6) is 0 Å². The second kappa shape index (κ2) is 5.11. The van der Waals surface area contributed by atoms with Gasteiger partial charge in [0.05, 0.1) is 12.4 Å². The van der Waals surface area contributed by atoms with Crippen molar-refractivity contribution >= 4 is 5.91 Å². The molecule has 2 aromatic heterocycles. The van der Waals surface area contributed by atoms with Crippen molar-refractivity contribution in [1.82, 2.24) is 19.9 Å². The van der Waals surface area contributed by atoms with Gasteiger partial charge in [0.1, 0.15) is 0 Å². The van der Waals surface area contributed by atoms with E-state index in [2.05, 4.69) is 15.3 Å². The molecule has 0 aliphatic heterocycles. The fourth-order valence-electron chi connectivity index (χ4n) is 2.74. The summed E-state index contributed by atoms with van der Waals surface area (Å²) in [7, 11) is 0. The molecule has 116 valence electrons. The number of nitrogens with one attached hydrogen (secondary N) is 1. The van der Waals surface area contributed by atoms with Crippen LogP contribution in [0.1, 0.15) is 29.2 Å². The fraction of sp³-hybridized carbons (Fsp3) is 0.357. The van der Waals surface area contributed by atoms with Crippen LogP contribution in [0, 0.1) is 0 Å². The first-order valence-corrected chi connectivity index (χ1v) is 6.71. The van der Waals surface area contributed by atoms with E-state index in [9.17, 15) is 18.0 Å². The van der Waals surface area contributed by atoms with Gasteiger partial charge in [-0.05, 0) is 25.0 Å². The molecule has 0 bridgehead atoms. The van der Waals surface area contributed by atoms with Crippen LogP contribution in [0.15, 0.2) is 43.2 Å². The monoisotopic (exact) mass is 310 g/mol. The minimum atomic E-state index is -4.55. The molecule has 1 saturated carbocycles. The Balaban J connectivity index is 1.90. The molecule has 0 aromatic carbocycles. The zero-order chi connectivity index (χ0) is 15.8. The smallest absolute Gasteiger partial charge is 0.336 e. The quantitative estimate of drug-likeness (QED) is 0.946. The van der Waals surface area contributed by atoms with Crippen LogP contribution in [-0.2, 0) is 0 Å². The summed E-state index contributed by atoms with van der Waals surface area (Å²) in [6.45, 7) is 0. The van der Waals surface area contributed by atoms with Crippen molar-refractivity contribution in [2.45, 2.75) is 30.6 Å². The number of carbonyl (C=O) groups excluding carboxylic acids is 1. The second-order valence-corrected chi connectivity index (χ2v) is 5.22. The molecule has 1 aliphatic rings. The van der Waals surface area contributed by atoms with Gasteiger partial charge in [0.15, 0.2) is 5.54 Å². The van der Waals surface area contributed by atoms with Crippen molar-refractivity contribution in [3.05, 3.63) is 48.8 Å². The van der Waals surface area contributed by atoms with Crippen molar-refractivity contribution in [2.75, 3.05) is 0 Å². The molecule has 1 aliphatic carbocycles. The maximum atomic E-state index is 13.6. The third kappa shape index (κ3) is 2.24. The molecule has 2 unspecified atom stereocenters. The van der Waals surface area contributed by atoms with Gasteiger partial charge in [-0.3, -0.25) is 9.78 Å². The standard InChI is InChI=1S/C14H13F3N4O/c15-14(16,17)13(4-1-11(13)21-8-7-19-9-21)20-12(22)10-2-5-18-6-3-10/h2-3,5-9,11H,1,4H2,(H,20,22). The van der Waals surface area contributed by atoms with E-state index in [1.165, 1.54) is 47.8 Å². The predicted molar refractivity (Wildman–Crippen MR) is 71.0 cm³/mol. The summed E-state index contributed by atoms with van der Waals surface area (Å²) in [5.74, 6) is -0.760. The summed E-state index contributed by atoms with van der Waals surface area (Å²) >= 11 is 0. The van der Waals surface area contributed by atoms with Gasteiger partial charge >= 0.3 is 6.18 Å². The number of carbonyl (C=O) groups is 1. The summed E-state index contributed by atoms with van der Waals surface area (Å²) < 4.78 is 42.2. The zero-order valence-corrected chi connectivity index (χ0v) is 11.4. The fourth-order valence-corrected chi connectivity index (χ4v) is 2.74. The van der Waals surface area contributed by atoms with E-state index in [4.69, 9.17) is 0 Å². The summed E-state index contributed by atoms with van der Waals surface area (Å²) in [4.78, 5) is 19.7. The Morgan fingerprint density at radius 2 is 2.00 bits per heavy atom. The number of hydrogen-bond acceptors (Lipinski definition) is 3. The number of amides is 1. The molecule has 8 heteroatoms. The molecule has 2 aromatic rings. The maximum absolute atomic E-state index is 13.6. The van der Waals surface area contributed by atoms with Gasteiger partial charge in [0.25, 0.3) is 5.91 Å². The predicted octanol–water partition coefficient (Wildman–Crippen LogP) is 2.34. The van der Waals surface area contributed by atoms with E-state index in [0.29, 0.717) is 6.42 Å². The molecule has 1 amide bonds. The van der Waals surface area contributed by atoms with Crippen molar-refractivity contribution in [3.63, 3.8) is 0 Å². The minimum absolute atomic E-state index is 0.148. The number of imidazole rings is 1. The Kier molecular flexibility index (Phi) is 3.38. The first-order chi connectivity index (χ1) is 10.4. The third-order valence-corrected chi connectivity index (χ3v) is 4.05. The Hall–Kier alpha value is -2.38. The first kappa shape index (κ1) is 14.6. The van der Waals surface area contributed by atoms with Crippen LogP contribution in [-0.4, -0.2) is 32.2 Å². The highest BCUT2D eigenvalue weighted by Gasteiger charge is 2.65. The van der Waals surface area contributed by atoms with E-state index in [0.717, 1.165) is 0 Å². The molecule has 2 atom stereocenters. The highest BCUT2D eigenvalue weighted by Crippen LogP contribution is 2.52. The van der Waals surface area contributed by atoms with Crippen LogP contribution in [0.4, 0.5) is 13.2 Å². The highest BCUT2D eigenvalue weighted by molar-refractivity contribution is 5.94. The molecule has 3 rings (SSSR count). The number of hydrogen-bond donors (Lipinski definition) is 1. The maximum Gasteiger partial charge on any atom is 0.413 e. The van der Waals surface area contributed by atoms with Crippen LogP contribution in [0.3, 0.4) is 0 Å². The van der Waals surface area contributed by atoms with Crippen molar-refractivity contribution in [2.24, 2.45) is 0 Å². The van der Waals surface area contributed by atoms with Gasteiger partial charge in [-0.1, -0.05) is 0 Å². The number of halogens is 3. The molecule has 0 radical (unpaired) electrons. The van der Waals surface area contributed by atoms with Gasteiger partial charge in [-0.15, -0.1) is 0 Å². The molecule has 2 heterocycles. The van der Waals surface area contributed by atoms with Crippen molar-refractivity contribution in [3.8, 4) is 0 Å². The lowest BCUT2D eigenvalue weighted by Gasteiger charge is -2.50. The Morgan fingerprint density at radius 3 is 2.50 bits per heavy atom. The number of aromatic nitrogens is 3. The van der Waals surface area contributed by atoms with Crippen LogP contribution in [0.25, 0.3) is 0 Å². The van der Waals surface area contributed by atoms with E-state index in [1.807, 2.05) is 0 Å². The van der Waals surface area contributed by atoms with Gasteiger partial charge in [0.2, 0.25) is 0 Å². The summed E-state index contributed by atoms with van der Waals surface area (Å²) in [5, 5.41) is 2.18. The zero-order valence-electron chi connectivity index (χ0n) is 11.4. The first-order valence-electron chi connectivity index (χ1n) is 6.71. The van der Waals surface area contributed by atoms with E-state index in [-0.39, 0.29) is 12.0 Å². The molecular weight excluding hydrogens is 297 g/mol. The number of pyridine rings is 1. The molecule has 0 saturated heterocycles. The van der Waals surface area contributed by atoms with Gasteiger partial charge in [-0.25, -0.2) is 4.98 Å². The van der Waals surface area contributed by atoms with Crippen LogP contribution < -0.4 is 5.32 Å². The van der Waals surface area contributed by atoms with Crippen LogP contribution >= 0.6 is 0 Å². The molecular formula is C14H13F3N4O. The lowest BCUT2D eigenvalue weighted by Crippen LogP contribution is -2.68. The molecule has 22 heavy (non-hydrogen) atoms. The SMILES string of the molecule is O=C(NC1(C(F)(F)F)CCC1n1ccnc1)c1ccncc1. The normalized spacial score (nSPS) is 24.6. The van der Waals surface area contributed by atoms with E-state index in [1.54, 1.807) is 0 Å². The number of rotatable bonds is 3. The van der Waals surface area contributed by atoms with E-state index < -0.39 is 23.7 Å². The molecule has 1 fully saturated rings. The van der Waals surface area contributed by atoms with Gasteiger partial charge in [-0.2, -0.15) is 13.2 Å². The Labute approximate surface area is 124 Å². The van der Waals surface area contributed by atoms with Gasteiger partial charge < -0.3 is 9.88 Å². The highest BCUT2D eigenvalue weighted by atomic mass is 19.4. The Bertz CT molecular complexity index is 656. The molecule has 0 spiro atoms. The summed E-state index contributed by atoms with van der Waals surface area (Å²) in [6, 6.07) is 1.87. The van der Waals surface area contributed by atoms with Crippen molar-refractivity contribution < 1.29 is 18.0 Å². The Morgan fingerprint density at radius 1 is 1.27 bits per heavy atom. The minimum Gasteiger partial charge on any atom is -0.336 e. The average molecular weight is 310 g/mol. The van der Waals surface area contributed by atoms with E-state index >= 15 is 0 Å². The van der Waals surface area contributed by atoms with Crippen molar-refractivity contribution in [1.29, 1.82) is 0 Å². The molecule has 1 N–H and O–H groups in total. The lowest BCUT2D eigenvalue weighted by molar-refractivity contribution is -0.231. The molecule has 5 nitrogen and oxygen atoms in total.